The van der Waals surface area contributed by atoms with Crippen molar-refractivity contribution in [3.63, 3.8) is 0 Å². The molecule has 2 saturated carbocycles. The van der Waals surface area contributed by atoms with E-state index in [1.807, 2.05) is 24.4 Å². The molecule has 2 N–H and O–H groups in total. The summed E-state index contributed by atoms with van der Waals surface area (Å²) in [6.45, 7) is 1.29. The number of nitrogens with two attached hydrogens (primary N) is 1. The van der Waals surface area contributed by atoms with Gasteiger partial charge in [0.1, 0.15) is 24.6 Å². The molecule has 2 aromatic carbocycles. The Morgan fingerprint density at radius 1 is 0.634 bits per heavy atom. The van der Waals surface area contributed by atoms with Crippen molar-refractivity contribution in [3.05, 3.63) is 106 Å². The summed E-state index contributed by atoms with van der Waals surface area (Å²) in [5.74, 6) is 4.46. The lowest BCUT2D eigenvalue weighted by Gasteiger charge is -2.39. The molecule has 0 spiro atoms. The summed E-state index contributed by atoms with van der Waals surface area (Å²) < 4.78 is 99.4. The molecule has 10 rings (SSSR count). The third-order valence-electron chi connectivity index (χ3n) is 13.0. The number of fused-ring (bicyclic) bond motifs is 4. The predicted octanol–water partition coefficient (Wildman–Crippen LogP) is 10.7. The van der Waals surface area contributed by atoms with Gasteiger partial charge in [0.05, 0.1) is 24.3 Å². The second kappa shape index (κ2) is 22.5. The molecule has 4 atom stereocenters. The molecule has 4 aromatic heterocycles. The van der Waals surface area contributed by atoms with Gasteiger partial charge in [0.15, 0.2) is 5.82 Å². The number of alkyl halides is 6. The highest BCUT2D eigenvalue weighted by molar-refractivity contribution is 9.10. The van der Waals surface area contributed by atoms with Gasteiger partial charge in [-0.05, 0) is 108 Å². The first-order valence-electron chi connectivity index (χ1n) is 22.7. The fraction of sp³-hybridized carbons (Fsp3) is 0.447. The van der Waals surface area contributed by atoms with Crippen LogP contribution in [0.4, 0.5) is 37.7 Å². The Balaban J connectivity index is 0.000000158. The van der Waals surface area contributed by atoms with Crippen molar-refractivity contribution < 1.29 is 45.3 Å². The third-order valence-corrected chi connectivity index (χ3v) is 13.9. The van der Waals surface area contributed by atoms with E-state index in [4.69, 9.17) is 47.9 Å². The van der Waals surface area contributed by atoms with Crippen molar-refractivity contribution in [2.24, 2.45) is 35.3 Å². The van der Waals surface area contributed by atoms with Crippen molar-refractivity contribution in [3.8, 4) is 35.3 Å². The van der Waals surface area contributed by atoms with Gasteiger partial charge in [-0.15, -0.1) is 5.10 Å². The highest BCUT2D eigenvalue weighted by Gasteiger charge is 2.43. The Labute approximate surface area is 423 Å². The first-order chi connectivity index (χ1) is 33.9. The van der Waals surface area contributed by atoms with Gasteiger partial charge in [0.25, 0.3) is 0 Å². The minimum Gasteiger partial charge on any atom is -0.481 e. The van der Waals surface area contributed by atoms with Crippen LogP contribution in [0.1, 0.15) is 31.5 Å². The largest absolute Gasteiger partial charge is 0.481 e. The summed E-state index contributed by atoms with van der Waals surface area (Å²) in [7, 11) is 3.25. The number of methoxy groups -OCH3 is 2. The van der Waals surface area contributed by atoms with E-state index in [9.17, 15) is 26.3 Å². The van der Waals surface area contributed by atoms with Gasteiger partial charge in [-0.25, -0.2) is 19.3 Å². The number of hydrogen-bond acceptors (Lipinski definition) is 13. The van der Waals surface area contributed by atoms with Crippen LogP contribution >= 0.6 is 39.1 Å². The lowest BCUT2D eigenvalue weighted by atomic mass is 9.82. The number of hydrogen-bond donors (Lipinski definition) is 1. The molecular weight excluding hydrogens is 1050 g/mol. The average Bonchev–Trinajstić information content (AvgIpc) is 3.98. The number of ether oxygens (including phenoxy) is 4. The number of rotatable bonds is 12. The van der Waals surface area contributed by atoms with Crippen molar-refractivity contribution >= 4 is 50.5 Å². The minimum absolute atomic E-state index is 0.00111. The van der Waals surface area contributed by atoms with Crippen LogP contribution in [0.15, 0.2) is 89.9 Å². The Morgan fingerprint density at radius 3 is 1.54 bits per heavy atom. The number of halogens is 9. The third kappa shape index (κ3) is 13.5. The van der Waals surface area contributed by atoms with Crippen molar-refractivity contribution in [1.29, 1.82) is 0 Å². The van der Waals surface area contributed by atoms with Gasteiger partial charge < -0.3 is 34.5 Å². The summed E-state index contributed by atoms with van der Waals surface area (Å²) in [5.41, 5.74) is 8.49. The molecule has 0 radical (unpaired) electrons. The van der Waals surface area contributed by atoms with E-state index in [2.05, 4.69) is 61.9 Å². The molecule has 6 heterocycles. The van der Waals surface area contributed by atoms with Crippen molar-refractivity contribution in [1.82, 2.24) is 39.5 Å². The van der Waals surface area contributed by atoms with Crippen LogP contribution in [0.5, 0.6) is 35.3 Å². The zero-order valence-corrected chi connectivity index (χ0v) is 41.5. The second-order valence-corrected chi connectivity index (χ2v) is 19.2. The van der Waals surface area contributed by atoms with Crippen LogP contribution in [-0.4, -0.2) is 98.3 Å². The number of piperidine rings is 2. The van der Waals surface area contributed by atoms with E-state index in [-0.39, 0.29) is 38.3 Å². The SMILES string of the molecule is COc1cc(N2CC3CCC(C2)C3Cc2nc(Oc3ccccc3Cl)n(CC(F)(F)F)n2)ccn1.COc1cc(N2CC3CCC(C2)C3N)ccn1.FC(F)(F)Cn1nc(Br)nc1Oc1ccccc1Cl. The van der Waals surface area contributed by atoms with Crippen LogP contribution in [0.3, 0.4) is 0 Å². The van der Waals surface area contributed by atoms with E-state index in [0.717, 1.165) is 49.4 Å². The second-order valence-electron chi connectivity index (χ2n) is 17.6. The van der Waals surface area contributed by atoms with Crippen LogP contribution < -0.4 is 34.5 Å². The molecule has 4 unspecified atom stereocenters. The van der Waals surface area contributed by atoms with E-state index < -0.39 is 25.4 Å². The Morgan fingerprint density at radius 2 is 1.07 bits per heavy atom. The van der Waals surface area contributed by atoms with E-state index in [0.29, 0.717) is 64.3 Å². The zero-order valence-electron chi connectivity index (χ0n) is 38.4. The minimum atomic E-state index is -4.46. The Bertz CT molecular complexity index is 2710. The molecule has 0 amide bonds. The predicted molar refractivity (Wildman–Crippen MR) is 257 cm³/mol. The summed E-state index contributed by atoms with van der Waals surface area (Å²) in [6, 6.07) is 20.8. The van der Waals surface area contributed by atoms with Gasteiger partial charge in [-0.2, -0.15) is 41.4 Å². The number of para-hydroxylation sites is 2. The first kappa shape index (κ1) is 51.8. The van der Waals surface area contributed by atoms with Gasteiger partial charge in [0.2, 0.25) is 16.5 Å². The Kier molecular flexibility index (Phi) is 16.4. The molecule has 4 bridgehead atoms. The van der Waals surface area contributed by atoms with Gasteiger partial charge in [0, 0.05) is 74.5 Å². The van der Waals surface area contributed by atoms with Crippen molar-refractivity contribution in [2.45, 2.75) is 63.6 Å². The maximum absolute atomic E-state index is 13.2. The number of pyridine rings is 2. The quantitative estimate of drug-likeness (QED) is 0.116. The summed E-state index contributed by atoms with van der Waals surface area (Å²) >= 11 is 14.9. The molecule has 2 saturated heterocycles. The lowest BCUT2D eigenvalue weighted by Crippen LogP contribution is -2.48. The topological polar surface area (TPSA) is 157 Å². The standard InChI is InChI=1S/C24H25ClF3N5O2.C13H19N3O.C10H6BrClF3N3O/c1-34-22-10-17(8-9-29-22)32-12-15-6-7-16(13-32)18(15)11-21-30-23(33(31-21)14-24(26,27)28)35-20-5-3-2-4-19(20)25;1-17-12-6-11(4-5-15-12)16-7-9-2-3-10(8-16)13(9)14;11-8-16-9(18(17-8)5-10(13,14)15)19-7-4-2-1-3-6(7)12/h2-5,8-10,15-16,18H,6-7,11-14H2,1H3;4-6,9-10,13H,2-3,7-8,14H2,1H3;1-4H,5H2. The Hall–Kier alpha value is -5.58. The fourth-order valence-electron chi connectivity index (χ4n) is 9.69. The molecule has 24 heteroatoms. The van der Waals surface area contributed by atoms with Crippen LogP contribution in [-0.2, 0) is 19.5 Å². The van der Waals surface area contributed by atoms with Gasteiger partial charge in [-0.1, -0.05) is 47.5 Å². The smallest absolute Gasteiger partial charge is 0.408 e. The number of anilines is 2. The number of nitrogens with zero attached hydrogens (tertiary/aromatic N) is 10. The maximum Gasteiger partial charge on any atom is 0.408 e. The molecule has 2 aliphatic carbocycles. The van der Waals surface area contributed by atoms with E-state index in [1.165, 1.54) is 24.6 Å². The van der Waals surface area contributed by atoms with Crippen molar-refractivity contribution in [2.75, 3.05) is 50.2 Å². The molecule has 2 aliphatic heterocycles. The normalized spacial score (nSPS) is 21.5. The van der Waals surface area contributed by atoms with E-state index in [1.54, 1.807) is 62.9 Å². The molecular formula is C47H50BrCl2F6N11O4. The van der Waals surface area contributed by atoms with Gasteiger partial charge >= 0.3 is 24.4 Å². The van der Waals surface area contributed by atoms with Crippen LogP contribution in [0.2, 0.25) is 10.0 Å². The molecule has 380 valence electrons. The lowest BCUT2D eigenvalue weighted by molar-refractivity contribution is -0.144. The highest BCUT2D eigenvalue weighted by atomic mass is 79.9. The zero-order chi connectivity index (χ0) is 50.5. The average molecular weight is 1100 g/mol. The summed E-state index contributed by atoms with van der Waals surface area (Å²) in [5, 5.41) is 8.30. The number of benzene rings is 2. The monoisotopic (exact) mass is 1100 g/mol. The molecule has 71 heavy (non-hydrogen) atoms. The summed E-state index contributed by atoms with van der Waals surface area (Å²) in [4.78, 5) is 21.2. The molecule has 4 fully saturated rings. The molecule has 6 aromatic rings. The molecule has 4 aliphatic rings. The highest BCUT2D eigenvalue weighted by Crippen LogP contribution is 2.45. The van der Waals surface area contributed by atoms with Crippen LogP contribution in [0, 0.1) is 29.6 Å². The maximum atomic E-state index is 13.2. The first-order valence-corrected chi connectivity index (χ1v) is 24.2. The van der Waals surface area contributed by atoms with E-state index >= 15 is 0 Å². The van der Waals surface area contributed by atoms with Crippen LogP contribution in [0.25, 0.3) is 0 Å². The summed E-state index contributed by atoms with van der Waals surface area (Å²) in [6.07, 6.45) is -0.127. The number of aromatic nitrogens is 8. The fourth-order valence-corrected chi connectivity index (χ4v) is 10.4. The molecule has 15 nitrogen and oxygen atoms in total. The van der Waals surface area contributed by atoms with Gasteiger partial charge in [-0.3, -0.25) is 0 Å².